The Morgan fingerprint density at radius 3 is 2.49 bits per heavy atom. The molecule has 0 radical (unpaired) electrons. The van der Waals surface area contributed by atoms with Crippen molar-refractivity contribution < 1.29 is 24.2 Å². The van der Waals surface area contributed by atoms with Crippen LogP contribution < -0.4 is 10.6 Å². The van der Waals surface area contributed by atoms with Crippen LogP contribution in [-0.4, -0.2) is 45.0 Å². The molecule has 1 fully saturated rings. The molecule has 1 aliphatic heterocycles. The third kappa shape index (κ3) is 8.71. The van der Waals surface area contributed by atoms with Gasteiger partial charge in [0, 0.05) is 23.4 Å². The topological polar surface area (TPSA) is 123 Å². The van der Waals surface area contributed by atoms with Crippen LogP contribution in [0.5, 0.6) is 0 Å². The summed E-state index contributed by atoms with van der Waals surface area (Å²) < 4.78 is 13.8. The molecule has 2 amide bonds. The smallest absolute Gasteiger partial charge is 0.319 e. The largest absolute Gasteiger partial charge is 0.392 e. The van der Waals surface area contributed by atoms with Crippen LogP contribution in [0.3, 0.4) is 0 Å². The molecule has 3 aromatic carbocycles. The molecule has 9 nitrogen and oxygen atoms in total. The van der Waals surface area contributed by atoms with Gasteiger partial charge in [-0.2, -0.15) is 0 Å². The lowest BCUT2D eigenvalue weighted by atomic mass is 10.0. The van der Waals surface area contributed by atoms with Gasteiger partial charge < -0.3 is 25.2 Å². The van der Waals surface area contributed by atoms with Gasteiger partial charge in [-0.1, -0.05) is 89.8 Å². The highest BCUT2D eigenvalue weighted by molar-refractivity contribution is 8.01. The molecule has 0 bridgehead atoms. The third-order valence-corrected chi connectivity index (χ3v) is 9.11. The van der Waals surface area contributed by atoms with Gasteiger partial charge in [0.05, 0.1) is 24.9 Å². The number of thioether (sulfide) groups is 1. The maximum Gasteiger partial charge on any atom is 0.319 e. The molecule has 0 spiro atoms. The summed E-state index contributed by atoms with van der Waals surface area (Å²) in [4.78, 5) is 25.2. The highest BCUT2D eigenvalue weighted by Crippen LogP contribution is 2.40. The Morgan fingerprint density at radius 2 is 1.79 bits per heavy atom. The molecule has 3 N–H and O–H groups in total. The second kappa shape index (κ2) is 14.7. The molecule has 224 valence electrons. The van der Waals surface area contributed by atoms with Crippen molar-refractivity contribution in [2.45, 2.75) is 62.2 Å². The molecular weight excluding hydrogens is 585 g/mol. The second-order valence-corrected chi connectivity index (χ2v) is 12.8. The van der Waals surface area contributed by atoms with Crippen LogP contribution in [0, 0.1) is 6.92 Å². The van der Waals surface area contributed by atoms with Gasteiger partial charge in [-0.05, 0) is 49.1 Å². The first kappa shape index (κ1) is 30.8. The van der Waals surface area contributed by atoms with E-state index in [1.807, 2.05) is 79.7 Å². The molecule has 5 rings (SSSR count). The Morgan fingerprint density at radius 1 is 1.00 bits per heavy atom. The second-order valence-electron chi connectivity index (χ2n) is 10.3. The minimum Gasteiger partial charge on any atom is -0.392 e. The normalized spacial score (nSPS) is 19.0. The number of nitrogens with zero attached hydrogens (tertiary/aromatic N) is 2. The number of hydrogen-bond donors (Lipinski definition) is 3. The lowest BCUT2D eigenvalue weighted by Crippen LogP contribution is -2.43. The van der Waals surface area contributed by atoms with Crippen LogP contribution in [-0.2, 0) is 27.3 Å². The SMILES string of the molecule is CC(=O)C(Cc1ccccc1)NC(=O)Nc1cccc(C2OC(CSc3nnc(C)s3)CC(c3ccc(CO)cc3)O2)c1. The molecule has 4 atom stereocenters. The third-order valence-electron chi connectivity index (χ3n) is 7.01. The molecule has 0 saturated carbocycles. The number of aliphatic hydroxyl groups excluding tert-OH is 1. The van der Waals surface area contributed by atoms with Gasteiger partial charge in [-0.3, -0.25) is 4.79 Å². The quantitative estimate of drug-likeness (QED) is 0.175. The van der Waals surface area contributed by atoms with E-state index in [0.717, 1.165) is 31.6 Å². The number of nitrogens with one attached hydrogen (secondary N) is 2. The Balaban J connectivity index is 1.28. The van der Waals surface area contributed by atoms with E-state index in [-0.39, 0.29) is 24.6 Å². The van der Waals surface area contributed by atoms with E-state index in [1.165, 1.54) is 6.92 Å². The fraction of sp³-hybridized carbons (Fsp3) is 0.312. The molecule has 1 aromatic heterocycles. The van der Waals surface area contributed by atoms with Gasteiger partial charge in [0.2, 0.25) is 0 Å². The van der Waals surface area contributed by atoms with Crippen LogP contribution in [0.1, 0.15) is 53.0 Å². The maximum absolute atomic E-state index is 12.9. The Bertz CT molecular complexity index is 1520. The number of hydrogen-bond acceptors (Lipinski definition) is 9. The summed E-state index contributed by atoms with van der Waals surface area (Å²) in [6, 6.07) is 23.5. The van der Waals surface area contributed by atoms with E-state index in [9.17, 15) is 14.7 Å². The van der Waals surface area contributed by atoms with Crippen LogP contribution in [0.15, 0.2) is 83.2 Å². The van der Waals surface area contributed by atoms with Gasteiger partial charge in [0.25, 0.3) is 0 Å². The summed E-state index contributed by atoms with van der Waals surface area (Å²) in [5.41, 5.74) is 4.09. The summed E-state index contributed by atoms with van der Waals surface area (Å²) in [6.07, 6.45) is 0.0101. The fourth-order valence-electron chi connectivity index (χ4n) is 4.76. The molecule has 43 heavy (non-hydrogen) atoms. The number of anilines is 1. The number of ketones is 1. The number of carbonyl (C=O) groups excluding carboxylic acids is 2. The van der Waals surface area contributed by atoms with Gasteiger partial charge >= 0.3 is 6.03 Å². The highest BCUT2D eigenvalue weighted by Gasteiger charge is 2.32. The van der Waals surface area contributed by atoms with Crippen LogP contribution >= 0.6 is 23.1 Å². The summed E-state index contributed by atoms with van der Waals surface area (Å²) in [5, 5.41) is 24.4. The van der Waals surface area contributed by atoms with Crippen LogP contribution in [0.25, 0.3) is 0 Å². The number of aryl methyl sites for hydroxylation is 1. The van der Waals surface area contributed by atoms with E-state index in [1.54, 1.807) is 29.2 Å². The lowest BCUT2D eigenvalue weighted by Gasteiger charge is -2.36. The minimum absolute atomic E-state index is 0.0230. The van der Waals surface area contributed by atoms with Crippen molar-refractivity contribution in [3.8, 4) is 0 Å². The van der Waals surface area contributed by atoms with Crippen molar-refractivity contribution in [1.29, 1.82) is 0 Å². The van der Waals surface area contributed by atoms with Gasteiger partial charge in [0.15, 0.2) is 16.4 Å². The highest BCUT2D eigenvalue weighted by atomic mass is 32.2. The molecule has 1 aliphatic rings. The summed E-state index contributed by atoms with van der Waals surface area (Å²) in [6.45, 7) is 3.38. The number of urea groups is 1. The number of Topliss-reactive ketones (excluding diaryl/α,β-unsaturated/α-hetero) is 1. The average molecular weight is 619 g/mol. The molecule has 1 saturated heterocycles. The van der Waals surface area contributed by atoms with Crippen molar-refractivity contribution in [3.63, 3.8) is 0 Å². The monoisotopic (exact) mass is 618 g/mol. The zero-order valence-corrected chi connectivity index (χ0v) is 25.6. The van der Waals surface area contributed by atoms with Crippen molar-refractivity contribution >= 4 is 40.6 Å². The van der Waals surface area contributed by atoms with Crippen molar-refractivity contribution in [3.05, 3.63) is 106 Å². The first-order valence-electron chi connectivity index (χ1n) is 14.0. The predicted octanol–water partition coefficient (Wildman–Crippen LogP) is 6.00. The number of carbonyl (C=O) groups is 2. The van der Waals surface area contributed by atoms with Crippen LogP contribution in [0.2, 0.25) is 0 Å². The number of aliphatic hydroxyl groups is 1. The first-order chi connectivity index (χ1) is 20.9. The van der Waals surface area contributed by atoms with Crippen molar-refractivity contribution in [2.24, 2.45) is 0 Å². The van der Waals surface area contributed by atoms with E-state index in [4.69, 9.17) is 9.47 Å². The van der Waals surface area contributed by atoms with Gasteiger partial charge in [-0.25, -0.2) is 4.79 Å². The number of ether oxygens (including phenoxy) is 2. The standard InChI is InChI=1S/C32H34N4O5S2/c1-20(38)28(15-22-7-4-3-5-8-22)34-31(39)33-26-10-6-9-25(16-26)30-40-27(19-42-32-36-35-21(2)43-32)17-29(41-30)24-13-11-23(18-37)12-14-24/h3-14,16,27-30,37H,15,17-19H2,1-2H3,(H2,33,34,39). The predicted molar refractivity (Wildman–Crippen MR) is 167 cm³/mol. The Kier molecular flexibility index (Phi) is 10.6. The number of rotatable bonds is 11. The van der Waals surface area contributed by atoms with Crippen molar-refractivity contribution in [1.82, 2.24) is 15.5 Å². The molecule has 0 aliphatic carbocycles. The average Bonchev–Trinajstić information content (AvgIpc) is 3.45. The Hall–Kier alpha value is -3.61. The van der Waals surface area contributed by atoms with Gasteiger partial charge in [0.1, 0.15) is 5.01 Å². The molecule has 11 heteroatoms. The summed E-state index contributed by atoms with van der Waals surface area (Å²) in [5.74, 6) is 0.552. The van der Waals surface area contributed by atoms with E-state index in [2.05, 4.69) is 20.8 Å². The summed E-state index contributed by atoms with van der Waals surface area (Å²) in [7, 11) is 0. The number of benzene rings is 3. The summed E-state index contributed by atoms with van der Waals surface area (Å²) >= 11 is 3.16. The molecule has 4 unspecified atom stereocenters. The maximum atomic E-state index is 12.9. The van der Waals surface area contributed by atoms with E-state index >= 15 is 0 Å². The lowest BCUT2D eigenvalue weighted by molar-refractivity contribution is -0.245. The number of aromatic nitrogens is 2. The zero-order valence-electron chi connectivity index (χ0n) is 23.9. The van der Waals surface area contributed by atoms with E-state index < -0.39 is 18.4 Å². The molecule has 2 heterocycles. The van der Waals surface area contributed by atoms with E-state index in [0.29, 0.717) is 24.3 Å². The minimum atomic E-state index is -0.675. The van der Waals surface area contributed by atoms with Crippen molar-refractivity contribution in [2.75, 3.05) is 11.1 Å². The Labute approximate surface area is 259 Å². The first-order valence-corrected chi connectivity index (χ1v) is 15.8. The van der Waals surface area contributed by atoms with Crippen LogP contribution in [0.4, 0.5) is 10.5 Å². The molecule has 4 aromatic rings. The fourth-order valence-corrected chi connectivity index (χ4v) is 6.62. The zero-order chi connectivity index (χ0) is 30.2. The number of amides is 2. The molecular formula is C32H34N4O5S2. The van der Waals surface area contributed by atoms with Gasteiger partial charge in [-0.15, -0.1) is 10.2 Å².